The van der Waals surface area contributed by atoms with Gasteiger partial charge in [-0.2, -0.15) is 5.90 Å². The number of hydrogen-bond donors (Lipinski definition) is 3. The molecule has 0 bridgehead atoms. The number of carbonyl (C=O) groups is 1. The van der Waals surface area contributed by atoms with E-state index in [-0.39, 0.29) is 0 Å². The average molecular weight is 105 g/mol. The molecule has 0 aromatic carbocycles. The summed E-state index contributed by atoms with van der Waals surface area (Å²) >= 11 is 0. The third-order valence-electron chi connectivity index (χ3n) is 0.388. The summed E-state index contributed by atoms with van der Waals surface area (Å²) < 4.78 is 0. The van der Waals surface area contributed by atoms with Crippen LogP contribution in [0.25, 0.3) is 0 Å². The van der Waals surface area contributed by atoms with E-state index >= 15 is 0 Å². The Hall–Kier alpha value is -0.650. The monoisotopic (exact) mass is 105 g/mol. The third-order valence-corrected chi connectivity index (χ3v) is 0.388. The molecule has 0 spiro atoms. The molecule has 5 nitrogen and oxygen atoms in total. The van der Waals surface area contributed by atoms with Crippen LogP contribution in [0.15, 0.2) is 0 Å². The standard InChI is InChI=1S/C2H7N3O2/c3-1(4)2(6)7-5/h1H,3-5H2. The zero-order chi connectivity index (χ0) is 5.86. The summed E-state index contributed by atoms with van der Waals surface area (Å²) in [6, 6.07) is 0. The predicted octanol–water partition coefficient (Wildman–Crippen LogP) is -2.35. The SMILES string of the molecule is NOC(=O)C(N)N. The fourth-order valence-electron chi connectivity index (χ4n) is 0.0786. The lowest BCUT2D eigenvalue weighted by Gasteiger charge is -1.97. The first-order valence-electron chi connectivity index (χ1n) is 1.60. The van der Waals surface area contributed by atoms with Crippen LogP contribution in [0.1, 0.15) is 0 Å². The van der Waals surface area contributed by atoms with Crippen LogP contribution in [0.3, 0.4) is 0 Å². The van der Waals surface area contributed by atoms with Crippen LogP contribution in [0.4, 0.5) is 0 Å². The highest BCUT2D eigenvalue weighted by Crippen LogP contribution is 1.65. The van der Waals surface area contributed by atoms with Gasteiger partial charge >= 0.3 is 5.97 Å². The van der Waals surface area contributed by atoms with Gasteiger partial charge in [0.05, 0.1) is 0 Å². The van der Waals surface area contributed by atoms with E-state index in [9.17, 15) is 4.79 Å². The molecule has 0 fully saturated rings. The largest absolute Gasteiger partial charge is 0.371 e. The van der Waals surface area contributed by atoms with Crippen LogP contribution < -0.4 is 17.4 Å². The van der Waals surface area contributed by atoms with Crippen molar-refractivity contribution in [3.8, 4) is 0 Å². The van der Waals surface area contributed by atoms with Crippen molar-refractivity contribution in [2.24, 2.45) is 17.4 Å². The predicted molar refractivity (Wildman–Crippen MR) is 22.4 cm³/mol. The highest BCUT2D eigenvalue weighted by atomic mass is 16.7. The van der Waals surface area contributed by atoms with Crippen LogP contribution in [-0.4, -0.2) is 12.1 Å². The van der Waals surface area contributed by atoms with Gasteiger partial charge in [-0.1, -0.05) is 0 Å². The second-order valence-electron chi connectivity index (χ2n) is 0.963. The minimum absolute atomic E-state index is 0.819. The highest BCUT2D eigenvalue weighted by Gasteiger charge is 2.05. The van der Waals surface area contributed by atoms with Crippen molar-refractivity contribution < 1.29 is 9.63 Å². The normalized spacial score (nSPS) is 9.14. The summed E-state index contributed by atoms with van der Waals surface area (Å²) in [5, 5.41) is 0. The van der Waals surface area contributed by atoms with Crippen molar-refractivity contribution in [1.82, 2.24) is 0 Å². The molecule has 0 heterocycles. The summed E-state index contributed by atoms with van der Waals surface area (Å²) in [6.07, 6.45) is -1.12. The molecule has 0 atom stereocenters. The van der Waals surface area contributed by atoms with Crippen LogP contribution in [-0.2, 0) is 9.63 Å². The maximum atomic E-state index is 9.91. The number of carbonyl (C=O) groups excluding carboxylic acids is 1. The van der Waals surface area contributed by atoms with Gasteiger partial charge in [0, 0.05) is 0 Å². The van der Waals surface area contributed by atoms with Gasteiger partial charge in [0.15, 0.2) is 6.17 Å². The molecule has 0 aromatic heterocycles. The smallest absolute Gasteiger partial charge is 0.356 e. The Morgan fingerprint density at radius 1 is 1.57 bits per heavy atom. The molecule has 5 heteroatoms. The van der Waals surface area contributed by atoms with E-state index in [1.165, 1.54) is 0 Å². The maximum Gasteiger partial charge on any atom is 0.356 e. The number of nitrogens with two attached hydrogens (primary N) is 3. The van der Waals surface area contributed by atoms with E-state index in [1.807, 2.05) is 0 Å². The molecule has 0 saturated heterocycles. The van der Waals surface area contributed by atoms with Crippen LogP contribution in [0, 0.1) is 0 Å². The van der Waals surface area contributed by atoms with E-state index in [1.54, 1.807) is 0 Å². The molecule has 0 aliphatic heterocycles. The van der Waals surface area contributed by atoms with Crippen molar-refractivity contribution in [2.45, 2.75) is 6.17 Å². The summed E-state index contributed by atoms with van der Waals surface area (Å²) in [5.41, 5.74) is 9.54. The van der Waals surface area contributed by atoms with Gasteiger partial charge in [0.2, 0.25) is 0 Å². The molecule has 6 N–H and O–H groups in total. The van der Waals surface area contributed by atoms with Gasteiger partial charge in [-0.3, -0.25) is 0 Å². The highest BCUT2D eigenvalue weighted by molar-refractivity contribution is 5.74. The lowest BCUT2D eigenvalue weighted by atomic mass is 10.6. The Bertz CT molecular complexity index is 71.3. The van der Waals surface area contributed by atoms with E-state index in [2.05, 4.69) is 10.7 Å². The zero-order valence-electron chi connectivity index (χ0n) is 3.63. The van der Waals surface area contributed by atoms with Crippen LogP contribution >= 0.6 is 0 Å². The van der Waals surface area contributed by atoms with Crippen molar-refractivity contribution in [3.63, 3.8) is 0 Å². The molecule has 0 aromatic rings. The molecule has 0 amide bonds. The Balaban J connectivity index is 3.35. The lowest BCUT2D eigenvalue weighted by molar-refractivity contribution is -0.145. The molecule has 42 valence electrons. The van der Waals surface area contributed by atoms with Crippen molar-refractivity contribution >= 4 is 5.97 Å². The first kappa shape index (κ1) is 6.35. The van der Waals surface area contributed by atoms with Crippen LogP contribution in [0.2, 0.25) is 0 Å². The molecular formula is C2H7N3O2. The van der Waals surface area contributed by atoms with Crippen LogP contribution in [0.5, 0.6) is 0 Å². The summed E-state index contributed by atoms with van der Waals surface area (Å²) in [4.78, 5) is 13.5. The van der Waals surface area contributed by atoms with E-state index in [0.29, 0.717) is 0 Å². The molecule has 0 unspecified atom stereocenters. The van der Waals surface area contributed by atoms with Crippen molar-refractivity contribution in [3.05, 3.63) is 0 Å². The molecule has 0 saturated carbocycles. The second kappa shape index (κ2) is 2.51. The summed E-state index contributed by atoms with van der Waals surface area (Å²) in [7, 11) is 0. The number of hydrogen-bond acceptors (Lipinski definition) is 5. The van der Waals surface area contributed by atoms with Gasteiger partial charge in [-0.25, -0.2) is 4.79 Å². The minimum atomic E-state index is -1.12. The molecule has 0 rings (SSSR count). The fraction of sp³-hybridized carbons (Fsp3) is 0.500. The topological polar surface area (TPSA) is 104 Å². The minimum Gasteiger partial charge on any atom is -0.371 e. The summed E-state index contributed by atoms with van der Waals surface area (Å²) in [5.74, 6) is 3.54. The fourth-order valence-corrected chi connectivity index (χ4v) is 0.0786. The molecule has 7 heavy (non-hydrogen) atoms. The molecule has 0 aliphatic rings. The van der Waals surface area contributed by atoms with Crippen molar-refractivity contribution in [1.29, 1.82) is 0 Å². The second-order valence-corrected chi connectivity index (χ2v) is 0.963. The van der Waals surface area contributed by atoms with Gasteiger partial charge in [-0.05, 0) is 0 Å². The average Bonchev–Trinajstić information content (AvgIpc) is 1.65. The Morgan fingerprint density at radius 3 is 2.00 bits per heavy atom. The maximum absolute atomic E-state index is 9.91. The van der Waals surface area contributed by atoms with E-state index < -0.39 is 12.1 Å². The first-order chi connectivity index (χ1) is 3.18. The van der Waals surface area contributed by atoms with Gasteiger partial charge < -0.3 is 16.3 Å². The third kappa shape index (κ3) is 2.10. The van der Waals surface area contributed by atoms with Gasteiger partial charge in [0.1, 0.15) is 0 Å². The van der Waals surface area contributed by atoms with Gasteiger partial charge in [-0.15, -0.1) is 0 Å². The van der Waals surface area contributed by atoms with E-state index in [4.69, 9.17) is 11.5 Å². The Kier molecular flexibility index (Phi) is 2.28. The quantitative estimate of drug-likeness (QED) is 0.256. The Morgan fingerprint density at radius 2 is 2.00 bits per heavy atom. The molecular weight excluding hydrogens is 98.0 g/mol. The van der Waals surface area contributed by atoms with Gasteiger partial charge in [0.25, 0.3) is 0 Å². The molecule has 0 aliphatic carbocycles. The lowest BCUT2D eigenvalue weighted by Crippen LogP contribution is -2.41. The van der Waals surface area contributed by atoms with E-state index in [0.717, 1.165) is 0 Å². The van der Waals surface area contributed by atoms with Crippen molar-refractivity contribution in [2.75, 3.05) is 0 Å². The molecule has 0 radical (unpaired) electrons. The number of rotatable bonds is 1. The summed E-state index contributed by atoms with van der Waals surface area (Å²) in [6.45, 7) is 0. The zero-order valence-corrected chi connectivity index (χ0v) is 3.63. The Labute approximate surface area is 40.4 Å². The first-order valence-corrected chi connectivity index (χ1v) is 1.60.